The quantitative estimate of drug-likeness (QED) is 0.441. The van der Waals surface area contributed by atoms with Crippen LogP contribution >= 0.6 is 0 Å². The van der Waals surface area contributed by atoms with E-state index in [1.807, 2.05) is 0 Å². The van der Waals surface area contributed by atoms with Crippen LogP contribution in [0.5, 0.6) is 17.8 Å². The molecular formula is C5H4N2O5. The lowest BCUT2D eigenvalue weighted by Gasteiger charge is -1.99. The fourth-order valence-electron chi connectivity index (χ4n) is 0.618. The highest BCUT2D eigenvalue weighted by atomic mass is 16.4. The number of rotatable bonds is 1. The second kappa shape index (κ2) is 2.53. The van der Waals surface area contributed by atoms with Crippen molar-refractivity contribution in [3.8, 4) is 17.8 Å². The number of aromatic hydroxyl groups is 3. The number of hydrogen-bond acceptors (Lipinski definition) is 6. The molecule has 7 heteroatoms. The number of carboxylic acids is 1. The minimum Gasteiger partial charge on any atom is -0.492 e. The molecule has 0 saturated heterocycles. The van der Waals surface area contributed by atoms with Crippen molar-refractivity contribution in [2.75, 3.05) is 0 Å². The Hall–Kier alpha value is -2.05. The van der Waals surface area contributed by atoms with E-state index < -0.39 is 29.3 Å². The summed E-state index contributed by atoms with van der Waals surface area (Å²) in [5.74, 6) is -3.54. The molecule has 1 heterocycles. The Labute approximate surface area is 65.6 Å². The maximum Gasteiger partial charge on any atom is 0.346 e. The molecule has 0 saturated carbocycles. The Morgan fingerprint density at radius 2 is 1.50 bits per heavy atom. The molecular weight excluding hydrogens is 168 g/mol. The van der Waals surface area contributed by atoms with E-state index >= 15 is 0 Å². The molecule has 0 amide bonds. The van der Waals surface area contributed by atoms with Crippen molar-refractivity contribution in [2.24, 2.45) is 0 Å². The SMILES string of the molecule is O=C(O)c1c(O)nc(O)nc1O. The highest BCUT2D eigenvalue weighted by Crippen LogP contribution is 2.24. The van der Waals surface area contributed by atoms with E-state index in [0.717, 1.165) is 0 Å². The lowest BCUT2D eigenvalue weighted by Crippen LogP contribution is -2.00. The van der Waals surface area contributed by atoms with Gasteiger partial charge in [-0.25, -0.2) is 4.79 Å². The zero-order valence-electron chi connectivity index (χ0n) is 5.59. The number of nitrogens with zero attached hydrogens (tertiary/aromatic N) is 2. The average Bonchev–Trinajstić information content (AvgIpc) is 1.82. The van der Waals surface area contributed by atoms with Crippen LogP contribution in [0.3, 0.4) is 0 Å². The van der Waals surface area contributed by atoms with Crippen LogP contribution in [0.1, 0.15) is 10.4 Å². The topological polar surface area (TPSA) is 124 Å². The summed E-state index contributed by atoms with van der Waals surface area (Å²) in [5, 5.41) is 34.5. The molecule has 7 nitrogen and oxygen atoms in total. The van der Waals surface area contributed by atoms with Gasteiger partial charge in [0.1, 0.15) is 0 Å². The van der Waals surface area contributed by atoms with Gasteiger partial charge in [-0.1, -0.05) is 0 Å². The van der Waals surface area contributed by atoms with Gasteiger partial charge in [-0.2, -0.15) is 9.97 Å². The average molecular weight is 172 g/mol. The van der Waals surface area contributed by atoms with Gasteiger partial charge in [-0.05, 0) is 0 Å². The summed E-state index contributed by atoms with van der Waals surface area (Å²) in [5.41, 5.74) is -0.840. The summed E-state index contributed by atoms with van der Waals surface area (Å²) in [7, 11) is 0. The molecule has 1 aromatic rings. The molecule has 0 aliphatic rings. The number of aromatic nitrogens is 2. The number of carboxylic acid groups (broad SMARTS) is 1. The maximum atomic E-state index is 10.3. The molecule has 1 aromatic heterocycles. The van der Waals surface area contributed by atoms with Crippen LogP contribution < -0.4 is 0 Å². The first-order valence-corrected chi connectivity index (χ1v) is 2.74. The Morgan fingerprint density at radius 1 is 1.08 bits per heavy atom. The van der Waals surface area contributed by atoms with Crippen molar-refractivity contribution in [3.63, 3.8) is 0 Å². The lowest BCUT2D eigenvalue weighted by molar-refractivity contribution is 0.0688. The first-order chi connectivity index (χ1) is 5.52. The van der Waals surface area contributed by atoms with Gasteiger partial charge < -0.3 is 20.4 Å². The first kappa shape index (κ1) is 8.05. The summed E-state index contributed by atoms with van der Waals surface area (Å²) in [4.78, 5) is 16.1. The summed E-state index contributed by atoms with van der Waals surface area (Å²) < 4.78 is 0. The summed E-state index contributed by atoms with van der Waals surface area (Å²) >= 11 is 0. The molecule has 0 aliphatic carbocycles. The predicted octanol–water partition coefficient (Wildman–Crippen LogP) is -0.708. The molecule has 0 radical (unpaired) electrons. The van der Waals surface area contributed by atoms with Crippen molar-refractivity contribution in [1.29, 1.82) is 0 Å². The van der Waals surface area contributed by atoms with Gasteiger partial charge in [0.25, 0.3) is 0 Å². The highest BCUT2D eigenvalue weighted by Gasteiger charge is 2.19. The Balaban J connectivity index is 3.38. The Morgan fingerprint density at radius 3 is 1.83 bits per heavy atom. The van der Waals surface area contributed by atoms with Crippen LogP contribution in [0, 0.1) is 0 Å². The molecule has 0 unspecified atom stereocenters. The second-order valence-corrected chi connectivity index (χ2v) is 1.85. The van der Waals surface area contributed by atoms with Gasteiger partial charge in [0.2, 0.25) is 11.8 Å². The van der Waals surface area contributed by atoms with Gasteiger partial charge >= 0.3 is 12.0 Å². The van der Waals surface area contributed by atoms with Crippen molar-refractivity contribution in [2.45, 2.75) is 0 Å². The zero-order valence-corrected chi connectivity index (χ0v) is 5.59. The zero-order chi connectivity index (χ0) is 9.30. The Kier molecular flexibility index (Phi) is 1.70. The van der Waals surface area contributed by atoms with Crippen LogP contribution in [-0.4, -0.2) is 36.4 Å². The van der Waals surface area contributed by atoms with E-state index in [1.165, 1.54) is 0 Å². The van der Waals surface area contributed by atoms with E-state index in [4.69, 9.17) is 20.4 Å². The van der Waals surface area contributed by atoms with Crippen molar-refractivity contribution in [1.82, 2.24) is 9.97 Å². The van der Waals surface area contributed by atoms with Crippen LogP contribution in [0.2, 0.25) is 0 Å². The second-order valence-electron chi connectivity index (χ2n) is 1.85. The number of hydrogen-bond donors (Lipinski definition) is 4. The van der Waals surface area contributed by atoms with Gasteiger partial charge in [-0.3, -0.25) is 0 Å². The number of carbonyl (C=O) groups is 1. The molecule has 0 atom stereocenters. The van der Waals surface area contributed by atoms with Crippen LogP contribution in [0.4, 0.5) is 0 Å². The standard InChI is InChI=1S/C5H4N2O5/c8-2-1(4(10)11)3(9)7-5(12)6-2/h(H,10,11)(H3,6,7,8,9,12). The van der Waals surface area contributed by atoms with Gasteiger partial charge in [0, 0.05) is 0 Å². The van der Waals surface area contributed by atoms with Gasteiger partial charge in [0.15, 0.2) is 5.56 Å². The van der Waals surface area contributed by atoms with E-state index in [9.17, 15) is 4.79 Å². The minimum absolute atomic E-state index is 0.840. The molecule has 0 fully saturated rings. The van der Waals surface area contributed by atoms with Crippen molar-refractivity contribution < 1.29 is 25.2 Å². The predicted molar refractivity (Wildman–Crippen MR) is 34.0 cm³/mol. The third-order valence-electron chi connectivity index (χ3n) is 1.07. The maximum absolute atomic E-state index is 10.3. The highest BCUT2D eigenvalue weighted by molar-refractivity contribution is 5.92. The third kappa shape index (κ3) is 1.19. The number of aromatic carboxylic acids is 1. The summed E-state index contributed by atoms with van der Waals surface area (Å²) in [6.07, 6.45) is 0. The van der Waals surface area contributed by atoms with Gasteiger partial charge in [-0.15, -0.1) is 0 Å². The molecule has 0 bridgehead atoms. The monoisotopic (exact) mass is 172 g/mol. The molecule has 0 spiro atoms. The van der Waals surface area contributed by atoms with Crippen LogP contribution in [0.15, 0.2) is 0 Å². The molecule has 12 heavy (non-hydrogen) atoms. The lowest BCUT2D eigenvalue weighted by atomic mass is 10.3. The van der Waals surface area contributed by atoms with Gasteiger partial charge in [0.05, 0.1) is 0 Å². The minimum atomic E-state index is -1.58. The molecule has 0 aliphatic heterocycles. The molecule has 0 aromatic carbocycles. The Bertz CT molecular complexity index is 314. The molecule has 64 valence electrons. The normalized spacial score (nSPS) is 9.67. The molecule has 4 N–H and O–H groups in total. The summed E-state index contributed by atoms with van der Waals surface area (Å²) in [6, 6.07) is -0.894. The smallest absolute Gasteiger partial charge is 0.346 e. The van der Waals surface area contributed by atoms with Crippen molar-refractivity contribution >= 4 is 5.97 Å². The van der Waals surface area contributed by atoms with E-state index in [-0.39, 0.29) is 0 Å². The van der Waals surface area contributed by atoms with E-state index in [2.05, 4.69) is 9.97 Å². The van der Waals surface area contributed by atoms with E-state index in [1.54, 1.807) is 0 Å². The summed E-state index contributed by atoms with van der Waals surface area (Å²) in [6.45, 7) is 0. The van der Waals surface area contributed by atoms with Crippen LogP contribution in [0.25, 0.3) is 0 Å². The van der Waals surface area contributed by atoms with Crippen molar-refractivity contribution in [3.05, 3.63) is 5.56 Å². The van der Waals surface area contributed by atoms with Crippen LogP contribution in [-0.2, 0) is 0 Å². The largest absolute Gasteiger partial charge is 0.492 e. The van der Waals surface area contributed by atoms with E-state index in [0.29, 0.717) is 0 Å². The first-order valence-electron chi connectivity index (χ1n) is 2.74. The fourth-order valence-corrected chi connectivity index (χ4v) is 0.618. The molecule has 1 rings (SSSR count). The third-order valence-corrected chi connectivity index (χ3v) is 1.07. The fraction of sp³-hybridized carbons (Fsp3) is 0.